The molecule has 3 N–H and O–H groups in total. The summed E-state index contributed by atoms with van der Waals surface area (Å²) in [7, 11) is 0. The highest BCUT2D eigenvalue weighted by Crippen LogP contribution is 2.16. The van der Waals surface area contributed by atoms with Gasteiger partial charge in [-0.25, -0.2) is 14.5 Å². The lowest BCUT2D eigenvalue weighted by molar-refractivity contribution is 0.626. The molecule has 0 unspecified atom stereocenters. The van der Waals surface area contributed by atoms with Gasteiger partial charge in [-0.1, -0.05) is 17.7 Å². The Morgan fingerprint density at radius 1 is 1.40 bits per heavy atom. The van der Waals surface area contributed by atoms with Gasteiger partial charge >= 0.3 is 0 Å². The zero-order valence-electron chi connectivity index (χ0n) is 10.2. The Hall–Kier alpha value is -1.57. The van der Waals surface area contributed by atoms with Crippen LogP contribution >= 0.6 is 36.4 Å². The molecule has 0 radical (unpaired) electrons. The van der Waals surface area contributed by atoms with Crippen LogP contribution in [0.3, 0.4) is 0 Å². The Morgan fingerprint density at radius 2 is 2.10 bits per heavy atom. The van der Waals surface area contributed by atoms with E-state index in [9.17, 15) is 4.39 Å². The minimum absolute atomic E-state index is 0. The first-order valence-corrected chi connectivity index (χ1v) is 5.37. The number of nitrogens with zero attached hydrogens (tertiary/aromatic N) is 4. The van der Waals surface area contributed by atoms with Gasteiger partial charge in [0.25, 0.3) is 5.95 Å². The van der Waals surface area contributed by atoms with Crippen molar-refractivity contribution >= 4 is 48.6 Å². The van der Waals surface area contributed by atoms with Gasteiger partial charge in [0.15, 0.2) is 5.82 Å². The van der Waals surface area contributed by atoms with Gasteiger partial charge in [0.1, 0.15) is 5.82 Å². The second-order valence-electron chi connectivity index (χ2n) is 3.45. The zero-order chi connectivity index (χ0) is 13.1. The fourth-order valence-electron chi connectivity index (χ4n) is 1.23. The molecule has 1 aromatic heterocycles. The molecule has 0 aliphatic rings. The van der Waals surface area contributed by atoms with Crippen LogP contribution in [0.2, 0.25) is 5.02 Å². The molecule has 20 heavy (non-hydrogen) atoms. The number of nitrogens with one attached hydrogen (secondary N) is 1. The van der Waals surface area contributed by atoms with E-state index in [4.69, 9.17) is 17.4 Å². The van der Waals surface area contributed by atoms with E-state index in [0.29, 0.717) is 5.82 Å². The van der Waals surface area contributed by atoms with Crippen LogP contribution < -0.4 is 11.3 Å². The van der Waals surface area contributed by atoms with Crippen molar-refractivity contribution in [3.63, 3.8) is 0 Å². The number of hydrogen-bond acceptors (Lipinski definition) is 5. The first-order valence-electron chi connectivity index (χ1n) is 5.00. The molecule has 6 nitrogen and oxygen atoms in total. The minimum atomic E-state index is -0.460. The Kier molecular flexibility index (Phi) is 7.26. The van der Waals surface area contributed by atoms with Crippen molar-refractivity contribution in [3.8, 4) is 0 Å². The van der Waals surface area contributed by atoms with Gasteiger partial charge in [0.2, 0.25) is 0 Å². The summed E-state index contributed by atoms with van der Waals surface area (Å²) >= 11 is 5.83. The Bertz CT molecular complexity index is 580. The summed E-state index contributed by atoms with van der Waals surface area (Å²) in [4.78, 5) is 0. The molecule has 0 saturated heterocycles. The number of hydrazone groups is 1. The molecule has 0 saturated carbocycles. The van der Waals surface area contributed by atoms with Crippen molar-refractivity contribution in [2.45, 2.75) is 6.92 Å². The third-order valence-corrected chi connectivity index (χ3v) is 2.55. The number of aromatic nitrogens is 3. The number of halogens is 4. The van der Waals surface area contributed by atoms with Crippen LogP contribution in [0.1, 0.15) is 11.4 Å². The van der Waals surface area contributed by atoms with E-state index >= 15 is 0 Å². The zero-order valence-corrected chi connectivity index (χ0v) is 12.6. The lowest BCUT2D eigenvalue weighted by atomic mass is 10.2. The monoisotopic (exact) mass is 340 g/mol. The average molecular weight is 342 g/mol. The van der Waals surface area contributed by atoms with Gasteiger partial charge in [-0.3, -0.25) is 0 Å². The highest BCUT2D eigenvalue weighted by molar-refractivity contribution is 6.33. The molecule has 2 rings (SSSR count). The number of rotatable bonds is 3. The molecule has 0 aliphatic carbocycles. The summed E-state index contributed by atoms with van der Waals surface area (Å²) in [6, 6.07) is 4.38. The number of anilines is 1. The van der Waals surface area contributed by atoms with Crippen LogP contribution in [0.4, 0.5) is 10.3 Å². The topological polar surface area (TPSA) is 81.1 Å². The smallest absolute Gasteiger partial charge is 0.263 e. The minimum Gasteiger partial charge on any atom is -0.335 e. The maximum atomic E-state index is 13.4. The van der Waals surface area contributed by atoms with Crippen LogP contribution in [0.25, 0.3) is 0 Å². The standard InChI is InChI=1S/C10H10ClFN6.2ClH/c1-6-15-17-10(18(6)13)16-14-5-7-8(11)3-2-4-9(7)12;;/h2-5H,13H2,1H3,(H,16,17);2*1H. The molecule has 0 spiro atoms. The van der Waals surface area contributed by atoms with Gasteiger partial charge in [-0.15, -0.1) is 35.0 Å². The van der Waals surface area contributed by atoms with Gasteiger partial charge in [0, 0.05) is 5.56 Å². The highest BCUT2D eigenvalue weighted by atomic mass is 35.5. The van der Waals surface area contributed by atoms with Crippen molar-refractivity contribution < 1.29 is 4.39 Å². The molecule has 0 amide bonds. The predicted octanol–water partition coefficient (Wildman–Crippen LogP) is 2.38. The summed E-state index contributed by atoms with van der Waals surface area (Å²) in [6.07, 6.45) is 1.25. The second-order valence-corrected chi connectivity index (χ2v) is 3.85. The summed E-state index contributed by atoms with van der Waals surface area (Å²) in [5, 5.41) is 11.5. The summed E-state index contributed by atoms with van der Waals surface area (Å²) in [6.45, 7) is 1.69. The molecule has 0 bridgehead atoms. The molecule has 110 valence electrons. The third kappa shape index (κ3) is 3.96. The van der Waals surface area contributed by atoms with Crippen LogP contribution in [0.5, 0.6) is 0 Å². The van der Waals surface area contributed by atoms with Crippen molar-refractivity contribution in [1.82, 2.24) is 14.9 Å². The highest BCUT2D eigenvalue weighted by Gasteiger charge is 2.05. The largest absolute Gasteiger partial charge is 0.335 e. The molecule has 10 heteroatoms. The fourth-order valence-corrected chi connectivity index (χ4v) is 1.45. The van der Waals surface area contributed by atoms with E-state index in [-0.39, 0.29) is 41.3 Å². The first kappa shape index (κ1) is 18.4. The summed E-state index contributed by atoms with van der Waals surface area (Å²) in [5.41, 5.74) is 2.73. The number of benzene rings is 1. The van der Waals surface area contributed by atoms with E-state index in [1.165, 1.54) is 23.0 Å². The van der Waals surface area contributed by atoms with Crippen molar-refractivity contribution in [2.24, 2.45) is 5.10 Å². The molecule has 0 aliphatic heterocycles. The van der Waals surface area contributed by atoms with Crippen molar-refractivity contribution in [3.05, 3.63) is 40.4 Å². The van der Waals surface area contributed by atoms with E-state index in [1.54, 1.807) is 13.0 Å². The second kappa shape index (κ2) is 7.88. The quantitative estimate of drug-likeness (QED) is 0.510. The van der Waals surface area contributed by atoms with E-state index in [0.717, 1.165) is 0 Å². The van der Waals surface area contributed by atoms with Crippen LogP contribution in [-0.2, 0) is 0 Å². The molecular formula is C10H12Cl3FN6. The fraction of sp³-hybridized carbons (Fsp3) is 0.100. The summed E-state index contributed by atoms with van der Waals surface area (Å²) in [5.74, 6) is 5.91. The Morgan fingerprint density at radius 3 is 2.65 bits per heavy atom. The summed E-state index contributed by atoms with van der Waals surface area (Å²) < 4.78 is 14.6. The van der Waals surface area contributed by atoms with Gasteiger partial charge in [0.05, 0.1) is 11.2 Å². The first-order chi connectivity index (χ1) is 8.59. The van der Waals surface area contributed by atoms with Crippen LogP contribution in [0.15, 0.2) is 23.3 Å². The van der Waals surface area contributed by atoms with Crippen molar-refractivity contribution in [2.75, 3.05) is 11.3 Å². The van der Waals surface area contributed by atoms with Crippen LogP contribution in [0, 0.1) is 12.7 Å². The van der Waals surface area contributed by atoms with Crippen LogP contribution in [-0.4, -0.2) is 21.1 Å². The number of aryl methyl sites for hydroxylation is 1. The number of hydrogen-bond donors (Lipinski definition) is 2. The molecular weight excluding hydrogens is 330 g/mol. The Labute approximate surface area is 132 Å². The lowest BCUT2D eigenvalue weighted by Gasteiger charge is -2.01. The maximum Gasteiger partial charge on any atom is 0.263 e. The van der Waals surface area contributed by atoms with E-state index < -0.39 is 5.82 Å². The van der Waals surface area contributed by atoms with E-state index in [2.05, 4.69) is 20.7 Å². The maximum absolute atomic E-state index is 13.4. The van der Waals surface area contributed by atoms with Gasteiger partial charge in [-0.2, -0.15) is 5.10 Å². The number of nitrogens with two attached hydrogens (primary N) is 1. The average Bonchev–Trinajstić information content (AvgIpc) is 2.65. The van der Waals surface area contributed by atoms with Gasteiger partial charge < -0.3 is 5.84 Å². The third-order valence-electron chi connectivity index (χ3n) is 2.22. The van der Waals surface area contributed by atoms with Gasteiger partial charge in [-0.05, 0) is 19.1 Å². The molecule has 1 aromatic carbocycles. The normalized spacial score (nSPS) is 9.95. The van der Waals surface area contributed by atoms with Crippen molar-refractivity contribution in [1.29, 1.82) is 0 Å². The Balaban J connectivity index is 0.00000180. The van der Waals surface area contributed by atoms with E-state index in [1.807, 2.05) is 0 Å². The number of nitrogen functional groups attached to an aromatic ring is 1. The molecule has 0 atom stereocenters. The molecule has 2 aromatic rings. The predicted molar refractivity (Wildman–Crippen MR) is 82.0 cm³/mol. The molecule has 1 heterocycles. The SMILES string of the molecule is Cc1nnc(NN=Cc2c(F)cccc2Cl)n1N.Cl.Cl. The molecule has 0 fully saturated rings. The lowest BCUT2D eigenvalue weighted by Crippen LogP contribution is -2.13.